The molecular formula is C10H13N3O2S. The Labute approximate surface area is 95.0 Å². The fraction of sp³-hybridized carbons (Fsp3) is 0.400. The molecule has 0 aliphatic heterocycles. The summed E-state index contributed by atoms with van der Waals surface area (Å²) in [5.41, 5.74) is 0.309. The first-order chi connectivity index (χ1) is 7.57. The summed E-state index contributed by atoms with van der Waals surface area (Å²) in [7, 11) is -2.96. The zero-order chi connectivity index (χ0) is 12.0. The van der Waals surface area contributed by atoms with Crippen LogP contribution in [0, 0.1) is 11.3 Å². The van der Waals surface area contributed by atoms with Gasteiger partial charge < -0.3 is 5.32 Å². The molecule has 1 heterocycles. The fourth-order valence-electron chi connectivity index (χ4n) is 1.07. The summed E-state index contributed by atoms with van der Waals surface area (Å²) in [5.74, 6) is 0.729. The van der Waals surface area contributed by atoms with Crippen LogP contribution >= 0.6 is 0 Å². The van der Waals surface area contributed by atoms with Gasteiger partial charge in [-0.2, -0.15) is 5.26 Å². The number of hydrogen-bond donors (Lipinski definition) is 1. The van der Waals surface area contributed by atoms with Crippen molar-refractivity contribution in [1.29, 1.82) is 5.26 Å². The van der Waals surface area contributed by atoms with Gasteiger partial charge in [-0.1, -0.05) is 13.0 Å². The van der Waals surface area contributed by atoms with Crippen LogP contribution in [-0.2, 0) is 9.84 Å². The molecule has 0 aliphatic rings. The molecule has 0 aliphatic carbocycles. The molecule has 0 radical (unpaired) electrons. The second kappa shape index (κ2) is 5.47. The van der Waals surface area contributed by atoms with E-state index in [-0.39, 0.29) is 11.5 Å². The predicted molar refractivity (Wildman–Crippen MR) is 61.8 cm³/mol. The summed E-state index contributed by atoms with van der Waals surface area (Å²) >= 11 is 0. The normalized spacial score (nSPS) is 10.8. The maximum Gasteiger partial charge on any atom is 0.151 e. The first-order valence-corrected chi connectivity index (χ1v) is 6.71. The predicted octanol–water partition coefficient (Wildman–Crippen LogP) is 0.800. The van der Waals surface area contributed by atoms with E-state index in [0.29, 0.717) is 18.1 Å². The van der Waals surface area contributed by atoms with Gasteiger partial charge in [0.25, 0.3) is 0 Å². The minimum Gasteiger partial charge on any atom is -0.369 e. The molecule has 1 aromatic rings. The van der Waals surface area contributed by atoms with Crippen LogP contribution in [0.1, 0.15) is 12.6 Å². The molecule has 0 fully saturated rings. The molecular weight excluding hydrogens is 226 g/mol. The Hall–Kier alpha value is -1.61. The highest BCUT2D eigenvalue weighted by molar-refractivity contribution is 7.91. The summed E-state index contributed by atoms with van der Waals surface area (Å²) in [6.07, 6.45) is 0. The van der Waals surface area contributed by atoms with Crippen LogP contribution < -0.4 is 5.32 Å². The molecule has 0 atom stereocenters. The molecule has 0 saturated carbocycles. The maximum atomic E-state index is 11.2. The molecule has 0 saturated heterocycles. The van der Waals surface area contributed by atoms with Crippen molar-refractivity contribution in [3.8, 4) is 6.07 Å². The van der Waals surface area contributed by atoms with Crippen LogP contribution in [0.4, 0.5) is 5.82 Å². The van der Waals surface area contributed by atoms with E-state index in [0.717, 1.165) is 0 Å². The number of sulfone groups is 1. The van der Waals surface area contributed by atoms with Gasteiger partial charge in [-0.3, -0.25) is 0 Å². The lowest BCUT2D eigenvalue weighted by Gasteiger charge is -2.05. The zero-order valence-electron chi connectivity index (χ0n) is 8.97. The summed E-state index contributed by atoms with van der Waals surface area (Å²) in [4.78, 5) is 3.97. The zero-order valence-corrected chi connectivity index (χ0v) is 9.79. The van der Waals surface area contributed by atoms with Gasteiger partial charge in [0, 0.05) is 12.3 Å². The van der Waals surface area contributed by atoms with Crippen LogP contribution in [0.5, 0.6) is 0 Å². The average molecular weight is 239 g/mol. The lowest BCUT2D eigenvalue weighted by atomic mass is 10.3. The highest BCUT2D eigenvalue weighted by Gasteiger charge is 2.06. The number of hydrogen-bond acceptors (Lipinski definition) is 5. The fourth-order valence-corrected chi connectivity index (χ4v) is 1.78. The molecule has 0 bridgehead atoms. The molecule has 1 aromatic heterocycles. The van der Waals surface area contributed by atoms with Gasteiger partial charge in [0.15, 0.2) is 9.84 Å². The topological polar surface area (TPSA) is 82.9 Å². The third kappa shape index (κ3) is 3.87. The van der Waals surface area contributed by atoms with Crippen LogP contribution in [0.2, 0.25) is 0 Å². The van der Waals surface area contributed by atoms with E-state index in [9.17, 15) is 8.42 Å². The Balaban J connectivity index is 2.53. The van der Waals surface area contributed by atoms with Crippen molar-refractivity contribution in [3.63, 3.8) is 0 Å². The van der Waals surface area contributed by atoms with E-state index in [1.165, 1.54) is 0 Å². The van der Waals surface area contributed by atoms with Gasteiger partial charge in [-0.15, -0.1) is 0 Å². The maximum absolute atomic E-state index is 11.2. The quantitative estimate of drug-likeness (QED) is 0.821. The van der Waals surface area contributed by atoms with E-state index >= 15 is 0 Å². The van der Waals surface area contributed by atoms with Gasteiger partial charge in [0.05, 0.1) is 5.75 Å². The van der Waals surface area contributed by atoms with Crippen molar-refractivity contribution in [2.45, 2.75) is 6.92 Å². The lowest BCUT2D eigenvalue weighted by molar-refractivity contribution is 0.597. The van der Waals surface area contributed by atoms with Crippen LogP contribution in [-0.4, -0.2) is 31.5 Å². The highest BCUT2D eigenvalue weighted by Crippen LogP contribution is 2.03. The Kier molecular flexibility index (Phi) is 4.26. The van der Waals surface area contributed by atoms with Gasteiger partial charge in [0.2, 0.25) is 0 Å². The molecule has 0 aromatic carbocycles. The SMILES string of the molecule is CCS(=O)(=O)CCNc1cccc(C#N)n1. The van der Waals surface area contributed by atoms with Gasteiger partial charge in [-0.05, 0) is 12.1 Å². The Bertz CT molecular complexity index is 491. The molecule has 0 spiro atoms. The van der Waals surface area contributed by atoms with Crippen LogP contribution in [0.3, 0.4) is 0 Å². The lowest BCUT2D eigenvalue weighted by Crippen LogP contribution is -2.17. The van der Waals surface area contributed by atoms with Crippen molar-refractivity contribution in [1.82, 2.24) is 4.98 Å². The number of rotatable bonds is 5. The third-order valence-electron chi connectivity index (χ3n) is 2.02. The third-order valence-corrected chi connectivity index (χ3v) is 3.73. The second-order valence-corrected chi connectivity index (χ2v) is 5.66. The average Bonchev–Trinajstić information content (AvgIpc) is 2.29. The van der Waals surface area contributed by atoms with Crippen LogP contribution in [0.25, 0.3) is 0 Å². The molecule has 5 nitrogen and oxygen atoms in total. The number of pyridine rings is 1. The number of nitrogens with one attached hydrogen (secondary N) is 1. The molecule has 0 amide bonds. The Morgan fingerprint density at radius 3 is 2.88 bits per heavy atom. The molecule has 1 N–H and O–H groups in total. The van der Waals surface area contributed by atoms with E-state index in [2.05, 4.69) is 10.3 Å². The molecule has 16 heavy (non-hydrogen) atoms. The Morgan fingerprint density at radius 1 is 1.50 bits per heavy atom. The van der Waals surface area contributed by atoms with E-state index in [1.54, 1.807) is 25.1 Å². The number of nitriles is 1. The molecule has 1 rings (SSSR count). The van der Waals surface area contributed by atoms with Gasteiger partial charge in [0.1, 0.15) is 17.6 Å². The van der Waals surface area contributed by atoms with Crippen molar-refractivity contribution >= 4 is 15.7 Å². The molecule has 0 unspecified atom stereocenters. The van der Waals surface area contributed by atoms with E-state index in [1.807, 2.05) is 6.07 Å². The summed E-state index contributed by atoms with van der Waals surface area (Å²) in [5, 5.41) is 11.5. The van der Waals surface area contributed by atoms with Crippen molar-refractivity contribution < 1.29 is 8.42 Å². The smallest absolute Gasteiger partial charge is 0.151 e. The highest BCUT2D eigenvalue weighted by atomic mass is 32.2. The summed E-state index contributed by atoms with van der Waals surface area (Å²) in [6, 6.07) is 6.90. The van der Waals surface area contributed by atoms with Crippen LogP contribution in [0.15, 0.2) is 18.2 Å². The number of nitrogens with zero attached hydrogens (tertiary/aromatic N) is 2. The van der Waals surface area contributed by atoms with E-state index < -0.39 is 9.84 Å². The number of anilines is 1. The van der Waals surface area contributed by atoms with Crippen molar-refractivity contribution in [2.24, 2.45) is 0 Å². The molecule has 86 valence electrons. The Morgan fingerprint density at radius 2 is 2.25 bits per heavy atom. The minimum atomic E-state index is -2.96. The van der Waals surface area contributed by atoms with Crippen molar-refractivity contribution in [3.05, 3.63) is 23.9 Å². The van der Waals surface area contributed by atoms with E-state index in [4.69, 9.17) is 5.26 Å². The van der Waals surface area contributed by atoms with Gasteiger partial charge >= 0.3 is 0 Å². The first kappa shape index (κ1) is 12.5. The van der Waals surface area contributed by atoms with Crippen molar-refractivity contribution in [2.75, 3.05) is 23.4 Å². The summed E-state index contributed by atoms with van der Waals surface area (Å²) < 4.78 is 22.4. The first-order valence-electron chi connectivity index (χ1n) is 4.89. The summed E-state index contributed by atoms with van der Waals surface area (Å²) in [6.45, 7) is 1.92. The standard InChI is InChI=1S/C10H13N3O2S/c1-2-16(14,15)7-6-12-10-5-3-4-9(8-11)13-10/h3-5H,2,6-7H2,1H3,(H,12,13). The monoisotopic (exact) mass is 239 g/mol. The minimum absolute atomic E-state index is 0.0714. The van der Waals surface area contributed by atoms with Gasteiger partial charge in [-0.25, -0.2) is 13.4 Å². The molecule has 6 heteroatoms. The number of aromatic nitrogens is 1. The largest absolute Gasteiger partial charge is 0.369 e. The second-order valence-electron chi connectivity index (χ2n) is 3.18.